The van der Waals surface area contributed by atoms with Crippen molar-refractivity contribution in [3.63, 3.8) is 0 Å². The van der Waals surface area contributed by atoms with Crippen molar-refractivity contribution < 1.29 is 4.79 Å². The van der Waals surface area contributed by atoms with E-state index < -0.39 is 0 Å². The number of amides is 1. The fraction of sp³-hybridized carbons (Fsp3) is 0.769. The summed E-state index contributed by atoms with van der Waals surface area (Å²) in [6.45, 7) is 5.41. The normalized spacial score (nSPS) is 22.1. The van der Waals surface area contributed by atoms with Crippen LogP contribution in [-0.2, 0) is 0 Å². The van der Waals surface area contributed by atoms with E-state index >= 15 is 0 Å². The molecule has 110 valence electrons. The van der Waals surface area contributed by atoms with Gasteiger partial charge < -0.3 is 15.1 Å². The summed E-state index contributed by atoms with van der Waals surface area (Å²) < 4.78 is 1.87. The standard InChI is InChI=1S/C13H22N6O/c1-17-6-8-18(9-7-17)13(20)12-10-19(16-15-12)11-2-4-14-5-3-11/h10-11,14H,2-9H2,1H3. The Kier molecular flexibility index (Phi) is 3.98. The molecule has 2 fully saturated rings. The second kappa shape index (κ2) is 5.88. The minimum absolute atomic E-state index is 0.0123. The van der Waals surface area contributed by atoms with Crippen molar-refractivity contribution in [3.8, 4) is 0 Å². The van der Waals surface area contributed by atoms with Crippen LogP contribution in [-0.4, -0.2) is 77.0 Å². The van der Waals surface area contributed by atoms with Gasteiger partial charge in [-0.25, -0.2) is 4.68 Å². The summed E-state index contributed by atoms with van der Waals surface area (Å²) in [5.74, 6) is 0.0123. The Balaban J connectivity index is 1.65. The van der Waals surface area contributed by atoms with Gasteiger partial charge in [-0.15, -0.1) is 5.10 Å². The average molecular weight is 278 g/mol. The first-order chi connectivity index (χ1) is 9.74. The van der Waals surface area contributed by atoms with E-state index in [1.165, 1.54) is 0 Å². The Labute approximate surface area is 118 Å². The lowest BCUT2D eigenvalue weighted by molar-refractivity contribution is 0.0658. The van der Waals surface area contributed by atoms with Gasteiger partial charge in [-0.3, -0.25) is 4.79 Å². The van der Waals surface area contributed by atoms with Crippen LogP contribution in [0.5, 0.6) is 0 Å². The van der Waals surface area contributed by atoms with Gasteiger partial charge in [0.15, 0.2) is 5.69 Å². The van der Waals surface area contributed by atoms with Crippen molar-refractivity contribution in [2.24, 2.45) is 0 Å². The molecule has 0 saturated carbocycles. The molecule has 7 nitrogen and oxygen atoms in total. The summed E-state index contributed by atoms with van der Waals surface area (Å²) in [6.07, 6.45) is 3.91. The first-order valence-corrected chi connectivity index (χ1v) is 7.34. The topological polar surface area (TPSA) is 66.3 Å². The molecule has 1 aromatic rings. The second-order valence-corrected chi connectivity index (χ2v) is 5.66. The summed E-state index contributed by atoms with van der Waals surface area (Å²) in [4.78, 5) is 16.5. The third kappa shape index (κ3) is 2.83. The van der Waals surface area contributed by atoms with Crippen LogP contribution >= 0.6 is 0 Å². The van der Waals surface area contributed by atoms with Gasteiger partial charge in [0.1, 0.15) is 0 Å². The Morgan fingerprint density at radius 2 is 1.95 bits per heavy atom. The van der Waals surface area contributed by atoms with Gasteiger partial charge in [0.05, 0.1) is 12.2 Å². The molecule has 3 heterocycles. The zero-order valence-corrected chi connectivity index (χ0v) is 12.0. The number of nitrogens with zero attached hydrogens (tertiary/aromatic N) is 5. The van der Waals surface area contributed by atoms with Crippen molar-refractivity contribution in [2.45, 2.75) is 18.9 Å². The van der Waals surface area contributed by atoms with E-state index in [1.54, 1.807) is 0 Å². The summed E-state index contributed by atoms with van der Waals surface area (Å²) in [7, 11) is 2.08. The molecular weight excluding hydrogens is 256 g/mol. The van der Waals surface area contributed by atoms with Crippen LogP contribution in [0.25, 0.3) is 0 Å². The zero-order valence-electron chi connectivity index (χ0n) is 12.0. The number of likely N-dealkylation sites (N-methyl/N-ethyl adjacent to an activating group) is 1. The molecule has 0 bridgehead atoms. The van der Waals surface area contributed by atoms with Crippen molar-refractivity contribution in [1.82, 2.24) is 30.1 Å². The molecule has 1 aromatic heterocycles. The van der Waals surface area contributed by atoms with Crippen LogP contribution in [0.1, 0.15) is 29.4 Å². The minimum Gasteiger partial charge on any atom is -0.335 e. The largest absolute Gasteiger partial charge is 0.335 e. The first kappa shape index (κ1) is 13.5. The van der Waals surface area contributed by atoms with Crippen molar-refractivity contribution in [3.05, 3.63) is 11.9 Å². The molecule has 1 amide bonds. The molecule has 2 aliphatic heterocycles. The predicted octanol–water partition coefficient (Wildman–Crippen LogP) is -0.410. The molecule has 20 heavy (non-hydrogen) atoms. The molecule has 0 aromatic carbocycles. The van der Waals surface area contributed by atoms with E-state index in [1.807, 2.05) is 15.8 Å². The van der Waals surface area contributed by atoms with Crippen LogP contribution in [0.2, 0.25) is 0 Å². The fourth-order valence-electron chi connectivity index (χ4n) is 2.80. The van der Waals surface area contributed by atoms with Crippen molar-refractivity contribution >= 4 is 5.91 Å². The number of hydrogen-bond donors (Lipinski definition) is 1. The summed E-state index contributed by atoms with van der Waals surface area (Å²) in [5.41, 5.74) is 0.480. The molecule has 3 rings (SSSR count). The van der Waals surface area contributed by atoms with Gasteiger partial charge in [0.2, 0.25) is 0 Å². The highest BCUT2D eigenvalue weighted by Gasteiger charge is 2.24. The Morgan fingerprint density at radius 3 is 2.65 bits per heavy atom. The van der Waals surface area contributed by atoms with E-state index in [4.69, 9.17) is 0 Å². The van der Waals surface area contributed by atoms with E-state index in [2.05, 4.69) is 27.6 Å². The number of aromatic nitrogens is 3. The van der Waals surface area contributed by atoms with E-state index in [0.29, 0.717) is 11.7 Å². The Morgan fingerprint density at radius 1 is 1.25 bits per heavy atom. The number of hydrogen-bond acceptors (Lipinski definition) is 5. The number of piperazine rings is 1. The third-order valence-corrected chi connectivity index (χ3v) is 4.20. The average Bonchev–Trinajstić information content (AvgIpc) is 2.98. The van der Waals surface area contributed by atoms with E-state index in [-0.39, 0.29) is 5.91 Å². The number of carbonyl (C=O) groups excluding carboxylic acids is 1. The quantitative estimate of drug-likeness (QED) is 0.797. The van der Waals surface area contributed by atoms with Crippen LogP contribution < -0.4 is 5.32 Å². The van der Waals surface area contributed by atoms with Gasteiger partial charge in [-0.1, -0.05) is 5.21 Å². The molecule has 0 atom stereocenters. The van der Waals surface area contributed by atoms with Gasteiger partial charge in [-0.05, 0) is 33.0 Å². The lowest BCUT2D eigenvalue weighted by Crippen LogP contribution is -2.47. The highest BCUT2D eigenvalue weighted by Crippen LogP contribution is 2.17. The maximum Gasteiger partial charge on any atom is 0.276 e. The number of rotatable bonds is 2. The highest BCUT2D eigenvalue weighted by molar-refractivity contribution is 5.92. The molecule has 0 spiro atoms. The predicted molar refractivity (Wildman–Crippen MR) is 74.6 cm³/mol. The monoisotopic (exact) mass is 278 g/mol. The molecule has 2 saturated heterocycles. The maximum absolute atomic E-state index is 12.4. The van der Waals surface area contributed by atoms with Crippen molar-refractivity contribution in [1.29, 1.82) is 0 Å². The summed E-state index contributed by atoms with van der Waals surface area (Å²) in [6, 6.07) is 0.373. The van der Waals surface area contributed by atoms with E-state index in [0.717, 1.165) is 52.1 Å². The lowest BCUT2D eigenvalue weighted by atomic mass is 10.1. The molecule has 2 aliphatic rings. The second-order valence-electron chi connectivity index (χ2n) is 5.66. The number of carbonyl (C=O) groups is 1. The zero-order chi connectivity index (χ0) is 13.9. The summed E-state index contributed by atoms with van der Waals surface area (Å²) in [5, 5.41) is 11.6. The van der Waals surface area contributed by atoms with E-state index in [9.17, 15) is 4.79 Å². The molecule has 0 aliphatic carbocycles. The van der Waals surface area contributed by atoms with Crippen molar-refractivity contribution in [2.75, 3.05) is 46.3 Å². The minimum atomic E-state index is 0.0123. The Hall–Kier alpha value is -1.47. The number of nitrogens with one attached hydrogen (secondary N) is 1. The van der Waals surface area contributed by atoms with Crippen LogP contribution in [0.15, 0.2) is 6.20 Å². The third-order valence-electron chi connectivity index (χ3n) is 4.20. The van der Waals surface area contributed by atoms with Crippen LogP contribution in [0.3, 0.4) is 0 Å². The molecular formula is C13H22N6O. The first-order valence-electron chi connectivity index (χ1n) is 7.34. The molecule has 0 unspecified atom stereocenters. The summed E-state index contributed by atoms with van der Waals surface area (Å²) >= 11 is 0. The van der Waals surface area contributed by atoms with Gasteiger partial charge in [0, 0.05) is 26.2 Å². The molecule has 0 radical (unpaired) electrons. The van der Waals surface area contributed by atoms with Gasteiger partial charge in [-0.2, -0.15) is 0 Å². The molecule has 1 N–H and O–H groups in total. The fourth-order valence-corrected chi connectivity index (χ4v) is 2.80. The smallest absolute Gasteiger partial charge is 0.276 e. The van der Waals surface area contributed by atoms with Gasteiger partial charge in [0.25, 0.3) is 5.91 Å². The Bertz CT molecular complexity index is 459. The van der Waals surface area contributed by atoms with Crippen LogP contribution in [0, 0.1) is 0 Å². The maximum atomic E-state index is 12.4. The van der Waals surface area contributed by atoms with Crippen LogP contribution in [0.4, 0.5) is 0 Å². The number of piperidine rings is 1. The lowest BCUT2D eigenvalue weighted by Gasteiger charge is -2.31. The SMILES string of the molecule is CN1CCN(C(=O)c2cn(C3CCNCC3)nn2)CC1. The van der Waals surface area contributed by atoms with Gasteiger partial charge >= 0.3 is 0 Å². The highest BCUT2D eigenvalue weighted by atomic mass is 16.2. The molecule has 7 heteroatoms.